The van der Waals surface area contributed by atoms with Crippen LogP contribution in [0, 0.1) is 5.82 Å². The Morgan fingerprint density at radius 2 is 1.61 bits per heavy atom. The van der Waals surface area contributed by atoms with E-state index >= 15 is 0 Å². The Kier molecular flexibility index (Phi) is 8.49. The van der Waals surface area contributed by atoms with E-state index < -0.39 is 15.7 Å². The molecular weight excluding hydrogens is 581 g/mol. The van der Waals surface area contributed by atoms with E-state index in [9.17, 15) is 17.6 Å². The summed E-state index contributed by atoms with van der Waals surface area (Å²) >= 11 is 0. The third-order valence-electron chi connectivity index (χ3n) is 7.38. The molecule has 1 aromatic heterocycles. The lowest BCUT2D eigenvalue weighted by atomic mass is 10.1. The maximum absolute atomic E-state index is 13.8. The van der Waals surface area contributed by atoms with E-state index in [0.29, 0.717) is 42.5 Å². The zero-order valence-corrected chi connectivity index (χ0v) is 24.6. The van der Waals surface area contributed by atoms with E-state index in [1.54, 1.807) is 36.4 Å². The molecule has 1 aliphatic heterocycles. The monoisotopic (exact) mass is 611 g/mol. The lowest BCUT2D eigenvalue weighted by Crippen LogP contribution is -2.39. The number of amides is 1. The number of halogens is 1. The van der Waals surface area contributed by atoms with Crippen LogP contribution in [0.4, 0.5) is 10.1 Å². The highest BCUT2D eigenvalue weighted by atomic mass is 32.2. The van der Waals surface area contributed by atoms with Gasteiger partial charge in [-0.25, -0.2) is 17.8 Å². The number of carbonyl (C=O) groups is 1. The summed E-state index contributed by atoms with van der Waals surface area (Å²) in [5.74, 6) is 1.03. The summed E-state index contributed by atoms with van der Waals surface area (Å²) in [5, 5.41) is 10.2. The Morgan fingerprint density at radius 3 is 2.36 bits per heavy atom. The fourth-order valence-electron chi connectivity index (χ4n) is 4.89. The molecule has 0 unspecified atom stereocenters. The molecule has 0 saturated carbocycles. The van der Waals surface area contributed by atoms with E-state index in [0.717, 1.165) is 22.3 Å². The van der Waals surface area contributed by atoms with Gasteiger partial charge >= 0.3 is 0 Å². The SMILES string of the molecule is O=C(Nc1ccc(-c2nc(-c3ccc(COc4ccccc4F)cc3)n[nH]2)cc1)c1cccc(CN2CCS(=O)(=O)CC2)c1. The van der Waals surface area contributed by atoms with Crippen LogP contribution in [0.25, 0.3) is 22.8 Å². The van der Waals surface area contributed by atoms with Gasteiger partial charge in [0, 0.05) is 42.0 Å². The van der Waals surface area contributed by atoms with Crippen molar-refractivity contribution in [3.8, 4) is 28.5 Å². The zero-order valence-electron chi connectivity index (χ0n) is 23.7. The van der Waals surface area contributed by atoms with Gasteiger partial charge in [-0.05, 0) is 59.7 Å². The number of benzene rings is 4. The number of ether oxygens (including phenoxy) is 1. The molecule has 0 atom stereocenters. The Morgan fingerprint density at radius 1 is 0.886 bits per heavy atom. The maximum Gasteiger partial charge on any atom is 0.255 e. The zero-order chi connectivity index (χ0) is 30.5. The van der Waals surface area contributed by atoms with Crippen molar-refractivity contribution in [3.63, 3.8) is 0 Å². The van der Waals surface area contributed by atoms with E-state index in [1.165, 1.54) is 6.07 Å². The Labute approximate surface area is 254 Å². The van der Waals surface area contributed by atoms with Gasteiger partial charge in [0.1, 0.15) is 6.61 Å². The summed E-state index contributed by atoms with van der Waals surface area (Å²) in [6.45, 7) is 1.83. The van der Waals surface area contributed by atoms with Crippen molar-refractivity contribution < 1.29 is 22.3 Å². The predicted molar refractivity (Wildman–Crippen MR) is 166 cm³/mol. The number of anilines is 1. The van der Waals surface area contributed by atoms with Crippen LogP contribution < -0.4 is 10.1 Å². The fourth-order valence-corrected chi connectivity index (χ4v) is 6.16. The van der Waals surface area contributed by atoms with Crippen LogP contribution in [0.5, 0.6) is 5.75 Å². The number of hydrogen-bond acceptors (Lipinski definition) is 7. The molecule has 1 amide bonds. The minimum Gasteiger partial charge on any atom is -0.486 e. The molecule has 2 N–H and O–H groups in total. The molecule has 6 rings (SSSR count). The first-order valence-corrected chi connectivity index (χ1v) is 16.0. The summed E-state index contributed by atoms with van der Waals surface area (Å²) < 4.78 is 42.8. The maximum atomic E-state index is 13.8. The number of H-pyrrole nitrogens is 1. The molecule has 224 valence electrons. The van der Waals surface area contributed by atoms with Gasteiger partial charge in [0.2, 0.25) is 0 Å². The summed E-state index contributed by atoms with van der Waals surface area (Å²) in [4.78, 5) is 19.7. The van der Waals surface area contributed by atoms with Gasteiger partial charge in [-0.3, -0.25) is 14.8 Å². The smallest absolute Gasteiger partial charge is 0.255 e. The number of hydrogen-bond donors (Lipinski definition) is 2. The third-order valence-corrected chi connectivity index (χ3v) is 8.99. The van der Waals surface area contributed by atoms with E-state index in [-0.39, 0.29) is 29.8 Å². The van der Waals surface area contributed by atoms with Crippen molar-refractivity contribution in [3.05, 3.63) is 120 Å². The number of rotatable bonds is 9. The molecule has 1 fully saturated rings. The number of carbonyl (C=O) groups excluding carboxylic acids is 1. The fraction of sp³-hybridized carbons (Fsp3) is 0.182. The second kappa shape index (κ2) is 12.8. The van der Waals surface area contributed by atoms with Gasteiger partial charge in [0.05, 0.1) is 11.5 Å². The molecule has 0 aliphatic carbocycles. The number of aromatic amines is 1. The van der Waals surface area contributed by atoms with Crippen LogP contribution in [-0.4, -0.2) is 59.0 Å². The molecule has 0 radical (unpaired) electrons. The van der Waals surface area contributed by atoms with Crippen LogP contribution in [0.3, 0.4) is 0 Å². The first-order chi connectivity index (χ1) is 21.3. The van der Waals surface area contributed by atoms with Gasteiger partial charge < -0.3 is 10.1 Å². The van der Waals surface area contributed by atoms with Gasteiger partial charge in [0.15, 0.2) is 33.1 Å². The van der Waals surface area contributed by atoms with Gasteiger partial charge in [0.25, 0.3) is 5.91 Å². The number of nitrogens with one attached hydrogen (secondary N) is 2. The molecule has 11 heteroatoms. The molecule has 44 heavy (non-hydrogen) atoms. The van der Waals surface area contributed by atoms with Crippen LogP contribution in [0.2, 0.25) is 0 Å². The van der Waals surface area contributed by atoms with E-state index in [4.69, 9.17) is 4.74 Å². The highest BCUT2D eigenvalue weighted by Gasteiger charge is 2.21. The highest BCUT2D eigenvalue weighted by Crippen LogP contribution is 2.23. The summed E-state index contributed by atoms with van der Waals surface area (Å²) in [5.41, 5.74) is 4.63. The van der Waals surface area contributed by atoms with Crippen LogP contribution in [0.15, 0.2) is 97.1 Å². The molecule has 1 saturated heterocycles. The minimum absolute atomic E-state index is 0.168. The minimum atomic E-state index is -2.94. The summed E-state index contributed by atoms with van der Waals surface area (Å²) in [6, 6.07) is 28.5. The molecule has 1 aliphatic rings. The normalized spacial score (nSPS) is 14.7. The molecular formula is C33H30FN5O4S. The van der Waals surface area contributed by atoms with Crippen LogP contribution in [-0.2, 0) is 23.0 Å². The van der Waals surface area contributed by atoms with Crippen molar-refractivity contribution in [1.82, 2.24) is 20.1 Å². The van der Waals surface area contributed by atoms with Gasteiger partial charge in [-0.2, -0.15) is 5.10 Å². The highest BCUT2D eigenvalue weighted by molar-refractivity contribution is 7.91. The first kappa shape index (κ1) is 29.2. The molecule has 5 aromatic rings. The average Bonchev–Trinajstić information content (AvgIpc) is 3.53. The summed E-state index contributed by atoms with van der Waals surface area (Å²) in [7, 11) is -2.94. The number of aromatic nitrogens is 3. The molecule has 9 nitrogen and oxygen atoms in total. The van der Waals surface area contributed by atoms with Crippen molar-refractivity contribution in [2.24, 2.45) is 0 Å². The van der Waals surface area contributed by atoms with Crippen molar-refractivity contribution in [1.29, 1.82) is 0 Å². The van der Waals surface area contributed by atoms with Crippen molar-refractivity contribution >= 4 is 21.4 Å². The quantitative estimate of drug-likeness (QED) is 0.231. The van der Waals surface area contributed by atoms with E-state index in [1.807, 2.05) is 54.6 Å². The van der Waals surface area contributed by atoms with Gasteiger partial charge in [-0.15, -0.1) is 0 Å². The van der Waals surface area contributed by atoms with Crippen molar-refractivity contribution in [2.75, 3.05) is 29.9 Å². The Bertz CT molecular complexity index is 1860. The second-order valence-electron chi connectivity index (χ2n) is 10.6. The molecule has 0 spiro atoms. The number of sulfone groups is 1. The van der Waals surface area contributed by atoms with E-state index in [2.05, 4.69) is 25.4 Å². The van der Waals surface area contributed by atoms with Crippen LogP contribution >= 0.6 is 0 Å². The van der Waals surface area contributed by atoms with Crippen LogP contribution in [0.1, 0.15) is 21.5 Å². The summed E-state index contributed by atoms with van der Waals surface area (Å²) in [6.07, 6.45) is 0. The molecule has 4 aromatic carbocycles. The van der Waals surface area contributed by atoms with Gasteiger partial charge in [-0.1, -0.05) is 48.5 Å². The molecule has 2 heterocycles. The average molecular weight is 612 g/mol. The number of para-hydroxylation sites is 1. The third kappa shape index (κ3) is 7.19. The largest absolute Gasteiger partial charge is 0.486 e. The molecule has 0 bridgehead atoms. The topological polar surface area (TPSA) is 117 Å². The van der Waals surface area contributed by atoms with Crippen molar-refractivity contribution in [2.45, 2.75) is 13.2 Å². The first-order valence-electron chi connectivity index (χ1n) is 14.1. The Balaban J connectivity index is 1.04. The second-order valence-corrected chi connectivity index (χ2v) is 12.9. The number of nitrogens with zero attached hydrogens (tertiary/aromatic N) is 3. The lowest BCUT2D eigenvalue weighted by Gasteiger charge is -2.26. The Hall–Kier alpha value is -4.87. The predicted octanol–water partition coefficient (Wildman–Crippen LogP) is 5.34. The lowest BCUT2D eigenvalue weighted by molar-refractivity contribution is 0.102. The standard InChI is InChI=1S/C33H30FN5O4S/c34-29-6-1-2-7-30(29)43-22-23-8-10-25(11-9-23)31-36-32(38-37-31)26-12-14-28(15-13-26)35-33(40)27-5-3-4-24(20-27)21-39-16-18-44(41,42)19-17-39/h1-15,20H,16-19,21-22H2,(H,35,40)(H,36,37,38).